The van der Waals surface area contributed by atoms with Crippen LogP contribution in [0.3, 0.4) is 0 Å². The number of nitrogen functional groups attached to an aromatic ring is 2. The third kappa shape index (κ3) is 4.84. The summed E-state index contributed by atoms with van der Waals surface area (Å²) in [6.45, 7) is 1.04. The molecule has 2 heterocycles. The molecule has 1 aromatic heterocycles. The zero-order valence-electron chi connectivity index (χ0n) is 14.3. The molecule has 1 saturated heterocycles. The third-order valence-electron chi connectivity index (χ3n) is 3.80. The molecule has 12 heteroatoms. The highest BCUT2D eigenvalue weighted by Crippen LogP contribution is 2.23. The van der Waals surface area contributed by atoms with E-state index in [-0.39, 0.29) is 33.6 Å². The molecule has 0 radical (unpaired) electrons. The highest BCUT2D eigenvalue weighted by Gasteiger charge is 2.27. The standard InChI is InChI=1S/C15H19N7O3S2/c16-13-19-14(17)21-15(20-13)26-9-12(23)18-10-4-3-5-11(8-10)27(24,25)22-6-1-2-7-22/h3-5,8H,1-2,6-7,9H2,(H,18,23)(H4,16,17,19,20,21). The van der Waals surface area contributed by atoms with Gasteiger partial charge in [0.05, 0.1) is 10.6 Å². The molecule has 0 saturated carbocycles. The molecule has 10 nitrogen and oxygen atoms in total. The fourth-order valence-corrected chi connectivity index (χ4v) is 4.80. The summed E-state index contributed by atoms with van der Waals surface area (Å²) in [5, 5.41) is 2.90. The minimum absolute atomic E-state index is 0.00595. The lowest BCUT2D eigenvalue weighted by atomic mass is 10.3. The minimum Gasteiger partial charge on any atom is -0.368 e. The van der Waals surface area contributed by atoms with Crippen LogP contribution in [0.2, 0.25) is 0 Å². The van der Waals surface area contributed by atoms with Crippen molar-refractivity contribution in [3.63, 3.8) is 0 Å². The Kier molecular flexibility index (Phi) is 5.77. The lowest BCUT2D eigenvalue weighted by molar-refractivity contribution is -0.113. The third-order valence-corrected chi connectivity index (χ3v) is 6.54. The molecule has 1 amide bonds. The van der Waals surface area contributed by atoms with Crippen LogP contribution in [-0.2, 0) is 14.8 Å². The van der Waals surface area contributed by atoms with Crippen molar-refractivity contribution in [2.24, 2.45) is 0 Å². The zero-order chi connectivity index (χ0) is 19.4. The molecule has 1 aliphatic rings. The summed E-state index contributed by atoms with van der Waals surface area (Å²) < 4.78 is 26.7. The summed E-state index contributed by atoms with van der Waals surface area (Å²) in [7, 11) is -3.54. The maximum atomic E-state index is 12.6. The molecule has 0 unspecified atom stereocenters. The van der Waals surface area contributed by atoms with Gasteiger partial charge >= 0.3 is 0 Å². The number of hydrogen-bond donors (Lipinski definition) is 3. The van der Waals surface area contributed by atoms with Gasteiger partial charge in [0.15, 0.2) is 5.16 Å². The Hall–Kier alpha value is -2.44. The van der Waals surface area contributed by atoms with Gasteiger partial charge in [-0.15, -0.1) is 0 Å². The van der Waals surface area contributed by atoms with Gasteiger partial charge in [-0.1, -0.05) is 17.8 Å². The van der Waals surface area contributed by atoms with E-state index in [1.165, 1.54) is 16.4 Å². The van der Waals surface area contributed by atoms with Crippen LogP contribution in [0.1, 0.15) is 12.8 Å². The number of nitrogens with zero attached hydrogens (tertiary/aromatic N) is 4. The van der Waals surface area contributed by atoms with E-state index in [0.29, 0.717) is 18.8 Å². The van der Waals surface area contributed by atoms with Crippen LogP contribution in [0.25, 0.3) is 0 Å². The Morgan fingerprint density at radius 2 is 1.81 bits per heavy atom. The number of nitrogens with one attached hydrogen (secondary N) is 1. The van der Waals surface area contributed by atoms with E-state index >= 15 is 0 Å². The molecular formula is C15H19N7O3S2. The van der Waals surface area contributed by atoms with Crippen LogP contribution in [0.4, 0.5) is 17.6 Å². The first-order valence-electron chi connectivity index (χ1n) is 8.14. The van der Waals surface area contributed by atoms with Crippen LogP contribution >= 0.6 is 11.8 Å². The quantitative estimate of drug-likeness (QED) is 0.579. The summed E-state index contributed by atoms with van der Waals surface area (Å²) in [5.41, 5.74) is 11.4. The SMILES string of the molecule is Nc1nc(N)nc(SCC(=O)Nc2cccc(S(=O)(=O)N3CCCC3)c2)n1. The molecule has 0 atom stereocenters. The molecule has 0 bridgehead atoms. The normalized spacial score (nSPS) is 15.0. The van der Waals surface area contributed by atoms with Gasteiger partial charge < -0.3 is 16.8 Å². The number of benzene rings is 1. The van der Waals surface area contributed by atoms with E-state index in [0.717, 1.165) is 24.6 Å². The highest BCUT2D eigenvalue weighted by atomic mass is 32.2. The number of sulfonamides is 1. The number of aromatic nitrogens is 3. The lowest BCUT2D eigenvalue weighted by Gasteiger charge is -2.16. The summed E-state index contributed by atoms with van der Waals surface area (Å²) in [6, 6.07) is 6.20. The van der Waals surface area contributed by atoms with Gasteiger partial charge in [-0.2, -0.15) is 19.3 Å². The monoisotopic (exact) mass is 409 g/mol. The van der Waals surface area contributed by atoms with Crippen molar-refractivity contribution in [2.75, 3.05) is 35.6 Å². The molecule has 0 spiro atoms. The smallest absolute Gasteiger partial charge is 0.243 e. The minimum atomic E-state index is -3.54. The van der Waals surface area contributed by atoms with Gasteiger partial charge in [0.2, 0.25) is 27.8 Å². The Balaban J connectivity index is 1.64. The molecule has 1 aliphatic heterocycles. The molecule has 27 heavy (non-hydrogen) atoms. The first-order chi connectivity index (χ1) is 12.8. The average molecular weight is 409 g/mol. The maximum absolute atomic E-state index is 12.6. The van der Waals surface area contributed by atoms with Crippen LogP contribution in [0.15, 0.2) is 34.3 Å². The van der Waals surface area contributed by atoms with Crippen molar-refractivity contribution < 1.29 is 13.2 Å². The van der Waals surface area contributed by atoms with E-state index in [4.69, 9.17) is 11.5 Å². The first-order valence-corrected chi connectivity index (χ1v) is 10.6. The van der Waals surface area contributed by atoms with Crippen LogP contribution in [0, 0.1) is 0 Å². The van der Waals surface area contributed by atoms with E-state index < -0.39 is 10.0 Å². The van der Waals surface area contributed by atoms with Crippen molar-refractivity contribution >= 4 is 45.3 Å². The van der Waals surface area contributed by atoms with Gasteiger partial charge in [0.25, 0.3) is 0 Å². The molecule has 1 aromatic carbocycles. The zero-order valence-corrected chi connectivity index (χ0v) is 16.0. The van der Waals surface area contributed by atoms with Crippen molar-refractivity contribution in [1.29, 1.82) is 0 Å². The maximum Gasteiger partial charge on any atom is 0.243 e. The topological polar surface area (TPSA) is 157 Å². The number of thioether (sulfide) groups is 1. The van der Waals surface area contributed by atoms with Crippen LogP contribution in [-0.4, -0.2) is 52.4 Å². The van der Waals surface area contributed by atoms with Crippen molar-refractivity contribution in [2.45, 2.75) is 22.9 Å². The number of rotatable bonds is 6. The number of anilines is 3. The second-order valence-electron chi connectivity index (χ2n) is 5.81. The summed E-state index contributed by atoms with van der Waals surface area (Å²) in [6.07, 6.45) is 1.72. The number of carbonyl (C=O) groups is 1. The Morgan fingerprint density at radius 1 is 1.15 bits per heavy atom. The predicted octanol–water partition coefficient (Wildman–Crippen LogP) is 0.551. The van der Waals surface area contributed by atoms with Crippen LogP contribution in [0.5, 0.6) is 0 Å². The van der Waals surface area contributed by atoms with Gasteiger partial charge in [-0.3, -0.25) is 4.79 Å². The summed E-state index contributed by atoms with van der Waals surface area (Å²) in [5.74, 6) is -0.379. The Morgan fingerprint density at radius 3 is 2.48 bits per heavy atom. The fourth-order valence-electron chi connectivity index (χ4n) is 2.59. The molecule has 0 aliphatic carbocycles. The first kappa shape index (κ1) is 19.3. The second kappa shape index (κ2) is 8.06. The van der Waals surface area contributed by atoms with Crippen LogP contribution < -0.4 is 16.8 Å². The number of carbonyl (C=O) groups excluding carboxylic acids is 1. The second-order valence-corrected chi connectivity index (χ2v) is 8.69. The van der Waals surface area contributed by atoms with Gasteiger partial charge in [0, 0.05) is 18.8 Å². The Labute approximate surface area is 160 Å². The number of amides is 1. The molecule has 5 N–H and O–H groups in total. The number of hydrogen-bond acceptors (Lipinski definition) is 9. The van der Waals surface area contributed by atoms with Gasteiger partial charge in [0.1, 0.15) is 0 Å². The lowest BCUT2D eigenvalue weighted by Crippen LogP contribution is -2.28. The van der Waals surface area contributed by atoms with Crippen molar-refractivity contribution in [1.82, 2.24) is 19.3 Å². The molecule has 3 rings (SSSR count). The summed E-state index contributed by atoms with van der Waals surface area (Å²) >= 11 is 1.05. The number of nitrogens with two attached hydrogens (primary N) is 2. The fraction of sp³-hybridized carbons (Fsp3) is 0.333. The summed E-state index contributed by atoms with van der Waals surface area (Å²) in [4.78, 5) is 23.7. The predicted molar refractivity (Wildman–Crippen MR) is 102 cm³/mol. The van der Waals surface area contributed by atoms with E-state index in [1.54, 1.807) is 12.1 Å². The van der Waals surface area contributed by atoms with E-state index in [9.17, 15) is 13.2 Å². The van der Waals surface area contributed by atoms with Crippen molar-refractivity contribution in [3.05, 3.63) is 24.3 Å². The molecule has 144 valence electrons. The molecule has 1 fully saturated rings. The largest absolute Gasteiger partial charge is 0.368 e. The molecule has 2 aromatic rings. The van der Waals surface area contributed by atoms with Crippen molar-refractivity contribution in [3.8, 4) is 0 Å². The Bertz CT molecular complexity index is 926. The van der Waals surface area contributed by atoms with E-state index in [2.05, 4.69) is 20.3 Å². The molecular weight excluding hydrogens is 390 g/mol. The van der Waals surface area contributed by atoms with Gasteiger partial charge in [-0.25, -0.2) is 8.42 Å². The van der Waals surface area contributed by atoms with Gasteiger partial charge in [-0.05, 0) is 31.0 Å². The average Bonchev–Trinajstić information content (AvgIpc) is 3.15. The highest BCUT2D eigenvalue weighted by molar-refractivity contribution is 7.99. The van der Waals surface area contributed by atoms with E-state index in [1.807, 2.05) is 0 Å².